The van der Waals surface area contributed by atoms with Gasteiger partial charge in [-0.1, -0.05) is 19.9 Å². The van der Waals surface area contributed by atoms with Crippen LogP contribution in [0.1, 0.15) is 33.1 Å². The fourth-order valence-electron chi connectivity index (χ4n) is 1.76. The zero-order valence-corrected chi connectivity index (χ0v) is 12.5. The van der Waals surface area contributed by atoms with Crippen molar-refractivity contribution in [2.24, 2.45) is 11.7 Å². The molecule has 0 aliphatic rings. The number of nitrogens with two attached hydrogens (primary N) is 1. The lowest BCUT2D eigenvalue weighted by Gasteiger charge is -2.28. The second-order valence-electron chi connectivity index (χ2n) is 5.16. The number of amides is 3. The molecular weight excluding hydrogens is 258 g/mol. The van der Waals surface area contributed by atoms with Crippen LogP contribution in [-0.4, -0.2) is 42.3 Å². The van der Waals surface area contributed by atoms with Crippen molar-refractivity contribution in [2.75, 3.05) is 13.6 Å². The van der Waals surface area contributed by atoms with Crippen molar-refractivity contribution in [1.29, 1.82) is 0 Å². The maximum Gasteiger partial charge on any atom is 0.243 e. The van der Waals surface area contributed by atoms with Gasteiger partial charge in [-0.3, -0.25) is 14.4 Å². The predicted molar refractivity (Wildman–Crippen MR) is 77.6 cm³/mol. The summed E-state index contributed by atoms with van der Waals surface area (Å²) in [7, 11) is 1.60. The minimum atomic E-state index is -0.609. The van der Waals surface area contributed by atoms with Gasteiger partial charge in [0.15, 0.2) is 0 Å². The summed E-state index contributed by atoms with van der Waals surface area (Å²) >= 11 is 0. The molecule has 0 aliphatic carbocycles. The molecule has 0 aliphatic heterocycles. The van der Waals surface area contributed by atoms with E-state index in [2.05, 4.69) is 11.9 Å². The Morgan fingerprint density at radius 3 is 2.40 bits per heavy atom. The molecule has 0 bridgehead atoms. The molecule has 0 aromatic rings. The summed E-state index contributed by atoms with van der Waals surface area (Å²) in [6.45, 7) is 7.28. The van der Waals surface area contributed by atoms with Gasteiger partial charge in [0, 0.05) is 13.5 Å². The number of allylic oxidation sites excluding steroid dienone is 1. The first-order valence-electron chi connectivity index (χ1n) is 6.72. The van der Waals surface area contributed by atoms with Gasteiger partial charge in [0.2, 0.25) is 17.7 Å². The van der Waals surface area contributed by atoms with Gasteiger partial charge in [-0.15, -0.1) is 6.58 Å². The summed E-state index contributed by atoms with van der Waals surface area (Å²) in [5, 5.41) is 2.45. The van der Waals surface area contributed by atoms with Gasteiger partial charge in [0.1, 0.15) is 6.04 Å². The molecule has 114 valence electrons. The summed E-state index contributed by atoms with van der Waals surface area (Å²) in [6.07, 6.45) is 3.08. The molecule has 0 saturated heterocycles. The third-order valence-electron chi connectivity index (χ3n) is 2.86. The Hall–Kier alpha value is -1.85. The molecule has 0 aromatic carbocycles. The highest BCUT2D eigenvalue weighted by Gasteiger charge is 2.27. The van der Waals surface area contributed by atoms with Crippen molar-refractivity contribution in [3.8, 4) is 0 Å². The van der Waals surface area contributed by atoms with E-state index in [0.717, 1.165) is 0 Å². The SMILES string of the molecule is C=CCCC(=O)N(C)C(CC(C)C)C(=O)NCC(N)=O. The van der Waals surface area contributed by atoms with Crippen molar-refractivity contribution in [3.05, 3.63) is 12.7 Å². The topological polar surface area (TPSA) is 92.5 Å². The highest BCUT2D eigenvalue weighted by Crippen LogP contribution is 2.12. The van der Waals surface area contributed by atoms with E-state index >= 15 is 0 Å². The number of nitrogens with one attached hydrogen (secondary N) is 1. The van der Waals surface area contributed by atoms with E-state index in [4.69, 9.17) is 5.73 Å². The van der Waals surface area contributed by atoms with E-state index in [1.165, 1.54) is 4.90 Å². The lowest BCUT2D eigenvalue weighted by Crippen LogP contribution is -2.49. The Bertz CT molecular complexity index is 367. The van der Waals surface area contributed by atoms with Crippen LogP contribution >= 0.6 is 0 Å². The highest BCUT2D eigenvalue weighted by molar-refractivity contribution is 5.90. The zero-order chi connectivity index (χ0) is 15.7. The smallest absolute Gasteiger partial charge is 0.243 e. The molecule has 1 atom stereocenters. The van der Waals surface area contributed by atoms with Crippen molar-refractivity contribution >= 4 is 17.7 Å². The minimum absolute atomic E-state index is 0.121. The van der Waals surface area contributed by atoms with E-state index in [9.17, 15) is 14.4 Å². The summed E-state index contributed by atoms with van der Waals surface area (Å²) in [5.41, 5.74) is 5.00. The number of carbonyl (C=O) groups is 3. The lowest BCUT2D eigenvalue weighted by atomic mass is 10.0. The average Bonchev–Trinajstić information content (AvgIpc) is 2.38. The third kappa shape index (κ3) is 6.92. The van der Waals surface area contributed by atoms with Crippen LogP contribution < -0.4 is 11.1 Å². The van der Waals surface area contributed by atoms with Crippen LogP contribution in [0.2, 0.25) is 0 Å². The number of hydrogen-bond acceptors (Lipinski definition) is 3. The molecule has 0 fully saturated rings. The molecule has 0 heterocycles. The molecule has 0 rings (SSSR count). The van der Waals surface area contributed by atoms with Gasteiger partial charge in [0.25, 0.3) is 0 Å². The van der Waals surface area contributed by atoms with Crippen LogP contribution in [-0.2, 0) is 14.4 Å². The molecule has 20 heavy (non-hydrogen) atoms. The van der Waals surface area contributed by atoms with E-state index in [-0.39, 0.29) is 24.3 Å². The Kier molecular flexibility index (Phi) is 8.27. The summed E-state index contributed by atoms with van der Waals surface area (Å²) < 4.78 is 0. The fourth-order valence-corrected chi connectivity index (χ4v) is 1.76. The largest absolute Gasteiger partial charge is 0.368 e. The van der Waals surface area contributed by atoms with Crippen molar-refractivity contribution in [2.45, 2.75) is 39.2 Å². The lowest BCUT2D eigenvalue weighted by molar-refractivity contribution is -0.139. The molecule has 0 radical (unpaired) electrons. The van der Waals surface area contributed by atoms with E-state index < -0.39 is 11.9 Å². The fraction of sp³-hybridized carbons (Fsp3) is 0.643. The second-order valence-corrected chi connectivity index (χ2v) is 5.16. The molecular formula is C14H25N3O3. The van der Waals surface area contributed by atoms with Crippen LogP contribution in [0.25, 0.3) is 0 Å². The number of carbonyl (C=O) groups excluding carboxylic acids is 3. The summed E-state index contributed by atoms with van der Waals surface area (Å²) in [5.74, 6) is -0.840. The summed E-state index contributed by atoms with van der Waals surface area (Å²) in [6, 6.07) is -0.591. The van der Waals surface area contributed by atoms with Crippen molar-refractivity contribution in [1.82, 2.24) is 10.2 Å². The zero-order valence-electron chi connectivity index (χ0n) is 12.5. The summed E-state index contributed by atoms with van der Waals surface area (Å²) in [4.78, 5) is 36.2. The normalized spacial score (nSPS) is 11.8. The number of hydrogen-bond donors (Lipinski definition) is 2. The first-order valence-corrected chi connectivity index (χ1v) is 6.72. The van der Waals surface area contributed by atoms with Crippen molar-refractivity contribution in [3.63, 3.8) is 0 Å². The predicted octanol–water partition coefficient (Wildman–Crippen LogP) is 0.427. The molecule has 0 aromatic heterocycles. The van der Waals surface area contributed by atoms with E-state index in [0.29, 0.717) is 19.3 Å². The Morgan fingerprint density at radius 1 is 1.35 bits per heavy atom. The maximum absolute atomic E-state index is 12.1. The standard InChI is InChI=1S/C14H25N3O3/c1-5-6-7-13(19)17(4)11(8-10(2)3)14(20)16-9-12(15)18/h5,10-11H,1,6-9H2,2-4H3,(H2,15,18)(H,16,20). The number of primary amides is 1. The van der Waals surface area contributed by atoms with Gasteiger partial charge < -0.3 is 16.0 Å². The first kappa shape index (κ1) is 18.1. The van der Waals surface area contributed by atoms with Crippen LogP contribution in [0, 0.1) is 5.92 Å². The monoisotopic (exact) mass is 283 g/mol. The van der Waals surface area contributed by atoms with Crippen LogP contribution in [0.4, 0.5) is 0 Å². The van der Waals surface area contributed by atoms with Crippen LogP contribution in [0.3, 0.4) is 0 Å². The maximum atomic E-state index is 12.1. The number of rotatable bonds is 9. The molecule has 6 heteroatoms. The van der Waals surface area contributed by atoms with Gasteiger partial charge >= 0.3 is 0 Å². The van der Waals surface area contributed by atoms with Crippen LogP contribution in [0.15, 0.2) is 12.7 Å². The molecule has 1 unspecified atom stereocenters. The number of nitrogens with zero attached hydrogens (tertiary/aromatic N) is 1. The first-order chi connectivity index (χ1) is 9.29. The Labute approximate surface area is 120 Å². The Balaban J connectivity index is 4.75. The van der Waals surface area contributed by atoms with Gasteiger partial charge in [-0.25, -0.2) is 0 Å². The van der Waals surface area contributed by atoms with Crippen LogP contribution in [0.5, 0.6) is 0 Å². The molecule has 6 nitrogen and oxygen atoms in total. The molecule has 3 N–H and O–H groups in total. The number of likely N-dealkylation sites (N-methyl/N-ethyl adjacent to an activating group) is 1. The Morgan fingerprint density at radius 2 is 1.95 bits per heavy atom. The molecule has 3 amide bonds. The molecule has 0 spiro atoms. The quantitative estimate of drug-likeness (QED) is 0.601. The average molecular weight is 283 g/mol. The van der Waals surface area contributed by atoms with Crippen molar-refractivity contribution < 1.29 is 14.4 Å². The van der Waals surface area contributed by atoms with E-state index in [1.54, 1.807) is 13.1 Å². The third-order valence-corrected chi connectivity index (χ3v) is 2.86. The van der Waals surface area contributed by atoms with Gasteiger partial charge in [0.05, 0.1) is 6.54 Å². The van der Waals surface area contributed by atoms with Gasteiger partial charge in [-0.05, 0) is 18.8 Å². The highest BCUT2D eigenvalue weighted by atomic mass is 16.2. The minimum Gasteiger partial charge on any atom is -0.368 e. The molecule has 0 saturated carbocycles. The van der Waals surface area contributed by atoms with Gasteiger partial charge in [-0.2, -0.15) is 0 Å². The second kappa shape index (κ2) is 9.12. The van der Waals surface area contributed by atoms with E-state index in [1.807, 2.05) is 13.8 Å².